The molecule has 3 aromatic heterocycles. The fourth-order valence-corrected chi connectivity index (χ4v) is 9.49. The molecule has 0 bridgehead atoms. The van der Waals surface area contributed by atoms with Crippen molar-refractivity contribution in [3.05, 3.63) is 193 Å². The monoisotopic (exact) mass is 723 g/mol. The van der Waals surface area contributed by atoms with Crippen LogP contribution in [0.15, 0.2) is 176 Å². The van der Waals surface area contributed by atoms with E-state index in [2.05, 4.69) is 182 Å². The Kier molecular flexibility index (Phi) is 6.41. The molecule has 0 aliphatic carbocycles. The highest BCUT2D eigenvalue weighted by Gasteiger charge is 2.23. The zero-order valence-electron chi connectivity index (χ0n) is 30.5. The Bertz CT molecular complexity index is 3730. The van der Waals surface area contributed by atoms with Crippen molar-refractivity contribution in [1.82, 2.24) is 13.7 Å². The maximum atomic E-state index is 11.0. The van der Waals surface area contributed by atoms with E-state index in [0.29, 0.717) is 22.6 Å². The average Bonchev–Trinajstić information content (AvgIpc) is 3.91. The van der Waals surface area contributed by atoms with Crippen LogP contribution in [0, 0.1) is 17.9 Å². The van der Waals surface area contributed by atoms with Gasteiger partial charge in [-0.05, 0) is 82.2 Å². The van der Waals surface area contributed by atoms with Crippen molar-refractivity contribution in [3.8, 4) is 23.1 Å². The van der Waals surface area contributed by atoms with Gasteiger partial charge in [0.2, 0.25) is 5.69 Å². The molecule has 5 heteroatoms. The van der Waals surface area contributed by atoms with Crippen LogP contribution in [-0.2, 0) is 0 Å². The summed E-state index contributed by atoms with van der Waals surface area (Å²) in [5.74, 6) is 0. The van der Waals surface area contributed by atoms with Gasteiger partial charge in [-0.2, -0.15) is 5.26 Å². The van der Waals surface area contributed by atoms with Crippen LogP contribution in [0.25, 0.3) is 109 Å². The van der Waals surface area contributed by atoms with Crippen LogP contribution in [0.5, 0.6) is 0 Å². The molecule has 0 saturated carbocycles. The summed E-state index contributed by atoms with van der Waals surface area (Å²) in [5, 5.41) is 22.4. The summed E-state index contributed by atoms with van der Waals surface area (Å²) in [5.41, 5.74) is 9.61. The molecule has 9 aromatic carbocycles. The minimum atomic E-state index is 0.470. The lowest BCUT2D eigenvalue weighted by molar-refractivity contribution is 1.14. The molecule has 0 aliphatic heterocycles. The summed E-state index contributed by atoms with van der Waals surface area (Å²) in [6.45, 7) is 8.57. The first kappa shape index (κ1) is 31.3. The Balaban J connectivity index is 1.16. The first-order valence-corrected chi connectivity index (χ1v) is 19.0. The number of nitriles is 1. The fourth-order valence-electron chi connectivity index (χ4n) is 9.49. The van der Waals surface area contributed by atoms with E-state index in [1.807, 2.05) is 18.2 Å². The number of rotatable bonds is 3. The Hall–Kier alpha value is -8.12. The van der Waals surface area contributed by atoms with E-state index in [1.54, 1.807) is 0 Å². The first-order valence-electron chi connectivity index (χ1n) is 19.0. The summed E-state index contributed by atoms with van der Waals surface area (Å²) < 4.78 is 6.69. The topological polar surface area (TPSA) is 42.9 Å². The van der Waals surface area contributed by atoms with E-state index < -0.39 is 0 Å². The summed E-state index contributed by atoms with van der Waals surface area (Å²) in [6.07, 6.45) is 0. The summed E-state index contributed by atoms with van der Waals surface area (Å²) in [7, 11) is 0. The number of fused-ring (bicyclic) bond motifs is 13. The van der Waals surface area contributed by atoms with Crippen LogP contribution in [0.1, 0.15) is 5.56 Å². The molecular weight excluding hydrogens is 695 g/mol. The van der Waals surface area contributed by atoms with Crippen molar-refractivity contribution >= 4 is 92.6 Å². The van der Waals surface area contributed by atoms with E-state index in [1.165, 1.54) is 10.8 Å². The molecule has 262 valence electrons. The molecular formula is C52H29N5. The largest absolute Gasteiger partial charge is 0.319 e. The van der Waals surface area contributed by atoms with Crippen LogP contribution in [-0.4, -0.2) is 13.7 Å². The number of aromatic nitrogens is 3. The second kappa shape index (κ2) is 11.7. The predicted octanol–water partition coefficient (Wildman–Crippen LogP) is 13.7. The fraction of sp³-hybridized carbons (Fsp3) is 0. The molecule has 0 unspecified atom stereocenters. The van der Waals surface area contributed by atoms with Gasteiger partial charge in [0.25, 0.3) is 0 Å². The van der Waals surface area contributed by atoms with Crippen molar-refractivity contribution in [1.29, 1.82) is 5.26 Å². The maximum Gasteiger partial charge on any atom is 0.212 e. The summed E-state index contributed by atoms with van der Waals surface area (Å²) in [4.78, 5) is 4.17. The van der Waals surface area contributed by atoms with Crippen molar-refractivity contribution in [3.63, 3.8) is 0 Å². The van der Waals surface area contributed by atoms with Crippen LogP contribution < -0.4 is 0 Å². The smallest absolute Gasteiger partial charge is 0.212 e. The van der Waals surface area contributed by atoms with E-state index in [0.717, 1.165) is 81.9 Å². The van der Waals surface area contributed by atoms with Gasteiger partial charge in [0, 0.05) is 38.0 Å². The molecule has 12 rings (SSSR count). The van der Waals surface area contributed by atoms with Gasteiger partial charge in [0.1, 0.15) is 6.07 Å². The van der Waals surface area contributed by atoms with Crippen molar-refractivity contribution in [2.45, 2.75) is 0 Å². The second-order valence-electron chi connectivity index (χ2n) is 14.7. The van der Waals surface area contributed by atoms with Gasteiger partial charge in [0.05, 0.1) is 56.6 Å². The predicted molar refractivity (Wildman–Crippen MR) is 235 cm³/mol. The molecule has 0 N–H and O–H groups in total. The molecule has 12 aromatic rings. The Labute approximate surface area is 326 Å². The molecule has 0 spiro atoms. The van der Waals surface area contributed by atoms with Crippen LogP contribution >= 0.6 is 0 Å². The van der Waals surface area contributed by atoms with E-state index in [9.17, 15) is 5.26 Å². The molecule has 0 amide bonds. The minimum absolute atomic E-state index is 0.470. The third-order valence-corrected chi connectivity index (χ3v) is 11.9. The van der Waals surface area contributed by atoms with Gasteiger partial charge < -0.3 is 13.7 Å². The number of benzene rings is 9. The van der Waals surface area contributed by atoms with Gasteiger partial charge in [0.15, 0.2) is 0 Å². The van der Waals surface area contributed by atoms with Crippen molar-refractivity contribution in [2.75, 3.05) is 0 Å². The molecule has 3 heterocycles. The highest BCUT2D eigenvalue weighted by atomic mass is 15.0. The number of hydrogen-bond donors (Lipinski definition) is 0. The molecule has 57 heavy (non-hydrogen) atoms. The Morgan fingerprint density at radius 2 is 0.877 bits per heavy atom. The van der Waals surface area contributed by atoms with Crippen LogP contribution in [0.4, 0.5) is 5.69 Å². The summed E-state index contributed by atoms with van der Waals surface area (Å²) in [6, 6.07) is 64.0. The van der Waals surface area contributed by atoms with Gasteiger partial charge in [-0.25, -0.2) is 4.85 Å². The molecule has 5 nitrogen and oxygen atoms in total. The Morgan fingerprint density at radius 1 is 0.404 bits per heavy atom. The quantitative estimate of drug-likeness (QED) is 0.167. The van der Waals surface area contributed by atoms with Gasteiger partial charge >= 0.3 is 0 Å². The highest BCUT2D eigenvalue weighted by Crippen LogP contribution is 2.44. The lowest BCUT2D eigenvalue weighted by atomic mass is 10.0. The number of nitrogens with zero attached hydrogens (tertiary/aromatic N) is 5. The zero-order valence-corrected chi connectivity index (χ0v) is 30.5. The average molecular weight is 724 g/mol. The molecule has 0 atom stereocenters. The molecule has 0 fully saturated rings. The van der Waals surface area contributed by atoms with Crippen molar-refractivity contribution < 1.29 is 0 Å². The molecule has 0 radical (unpaired) electrons. The molecule has 0 saturated heterocycles. The van der Waals surface area contributed by atoms with Crippen molar-refractivity contribution in [2.24, 2.45) is 0 Å². The maximum absolute atomic E-state index is 11.0. The second-order valence-corrected chi connectivity index (χ2v) is 14.7. The Morgan fingerprint density at radius 3 is 1.47 bits per heavy atom. The van der Waals surface area contributed by atoms with Crippen LogP contribution in [0.2, 0.25) is 0 Å². The third-order valence-electron chi connectivity index (χ3n) is 11.9. The number of hydrogen-bond acceptors (Lipinski definition) is 1. The number of para-hydroxylation sites is 3. The van der Waals surface area contributed by atoms with Gasteiger partial charge in [-0.3, -0.25) is 0 Å². The van der Waals surface area contributed by atoms with E-state index in [4.69, 9.17) is 6.57 Å². The van der Waals surface area contributed by atoms with E-state index >= 15 is 0 Å². The van der Waals surface area contributed by atoms with Gasteiger partial charge in [-0.1, -0.05) is 115 Å². The third kappa shape index (κ3) is 4.26. The molecule has 0 aliphatic rings. The zero-order chi connectivity index (χ0) is 37.8. The normalized spacial score (nSPS) is 11.8. The van der Waals surface area contributed by atoms with Crippen LogP contribution in [0.3, 0.4) is 0 Å². The first-order chi connectivity index (χ1) is 28.2. The lowest BCUT2D eigenvalue weighted by Crippen LogP contribution is -2.02. The van der Waals surface area contributed by atoms with E-state index in [-0.39, 0.29) is 0 Å². The lowest BCUT2D eigenvalue weighted by Gasteiger charge is -2.16. The minimum Gasteiger partial charge on any atom is -0.319 e. The highest BCUT2D eigenvalue weighted by molar-refractivity contribution is 6.23. The SMILES string of the molecule is [C-]#[N+]c1cc(-n2c3ccc(-n4c5ccccc5c5ccccc54)cc3c3c4ccccc4ccc32)c(C#N)cc1-n1c2ccccc2c2c3ccccc3ccc21. The van der Waals surface area contributed by atoms with Gasteiger partial charge in [-0.15, -0.1) is 0 Å². The standard InChI is InChI=1S/C52H29N5/c1-54-42-30-49(34(31-53)28-50(42)57-45-21-11-8-18-40(45)51-36-14-4-2-12-32(36)22-25-47(51)57)56-46-27-24-35(29-41(46)52-37-15-5-3-13-33(37)23-26-48(52)56)55-43-19-9-6-16-38(43)39-17-7-10-20-44(39)55/h2-30H. The summed E-state index contributed by atoms with van der Waals surface area (Å²) >= 11 is 0.